The molecule has 0 fully saturated rings. The molecule has 0 aromatic carbocycles. The quantitative estimate of drug-likeness (QED) is 0.804. The summed E-state index contributed by atoms with van der Waals surface area (Å²) < 4.78 is 9.51. The van der Waals surface area contributed by atoms with E-state index in [1.165, 1.54) is 18.4 Å². The van der Waals surface area contributed by atoms with Crippen molar-refractivity contribution in [1.82, 2.24) is 0 Å². The van der Waals surface area contributed by atoms with Gasteiger partial charge in [-0.25, -0.2) is 4.79 Å². The van der Waals surface area contributed by atoms with Crippen molar-refractivity contribution in [3.8, 4) is 0 Å². The number of carbonyl (C=O) groups excluding carboxylic acids is 2. The maximum atomic E-state index is 11.7. The molecule has 0 bridgehead atoms. The second kappa shape index (κ2) is 7.00. The Morgan fingerprint density at radius 3 is 2.78 bits per heavy atom. The van der Waals surface area contributed by atoms with E-state index in [0.717, 1.165) is 9.88 Å². The molecule has 1 aromatic rings. The van der Waals surface area contributed by atoms with Crippen molar-refractivity contribution < 1.29 is 19.1 Å². The highest BCUT2D eigenvalue weighted by molar-refractivity contribution is 7.16. The van der Waals surface area contributed by atoms with Crippen molar-refractivity contribution in [3.63, 3.8) is 0 Å². The van der Waals surface area contributed by atoms with Crippen molar-refractivity contribution in [1.29, 1.82) is 0 Å². The van der Waals surface area contributed by atoms with E-state index in [1.807, 2.05) is 6.92 Å². The summed E-state index contributed by atoms with van der Waals surface area (Å²) in [5, 5.41) is 3.79. The average Bonchev–Trinajstić information content (AvgIpc) is 2.70. The van der Waals surface area contributed by atoms with E-state index in [1.54, 1.807) is 13.0 Å². The monoisotopic (exact) mass is 271 g/mol. The molecule has 6 heteroatoms. The van der Waals surface area contributed by atoms with Gasteiger partial charge in [0.2, 0.25) is 0 Å². The Kier molecular flexibility index (Phi) is 5.64. The number of carbonyl (C=O) groups is 2. The first kappa shape index (κ1) is 14.5. The fourth-order valence-corrected chi connectivity index (χ4v) is 2.31. The molecule has 0 aliphatic heterocycles. The summed E-state index contributed by atoms with van der Waals surface area (Å²) in [5.41, 5.74) is 0.518. The molecule has 0 atom stereocenters. The zero-order chi connectivity index (χ0) is 13.5. The maximum Gasteiger partial charge on any atom is 0.341 e. The van der Waals surface area contributed by atoms with Gasteiger partial charge in [-0.15, -0.1) is 11.3 Å². The van der Waals surface area contributed by atoms with E-state index in [-0.39, 0.29) is 18.4 Å². The summed E-state index contributed by atoms with van der Waals surface area (Å²) in [5.74, 6) is -0.629. The van der Waals surface area contributed by atoms with Crippen LogP contribution in [-0.4, -0.2) is 32.2 Å². The van der Waals surface area contributed by atoms with E-state index in [0.29, 0.717) is 18.7 Å². The Hall–Kier alpha value is -1.56. The summed E-state index contributed by atoms with van der Waals surface area (Å²) in [6.07, 6.45) is 0.260. The van der Waals surface area contributed by atoms with Crippen LogP contribution in [-0.2, 0) is 14.3 Å². The number of ether oxygens (including phenoxy) is 2. The van der Waals surface area contributed by atoms with Crippen LogP contribution in [0.25, 0.3) is 0 Å². The first-order valence-corrected chi connectivity index (χ1v) is 6.48. The lowest BCUT2D eigenvalue weighted by Gasteiger charge is -2.06. The molecule has 100 valence electrons. The van der Waals surface area contributed by atoms with Crippen LogP contribution in [0.4, 0.5) is 5.00 Å². The van der Waals surface area contributed by atoms with E-state index in [2.05, 4.69) is 10.1 Å². The number of esters is 2. The van der Waals surface area contributed by atoms with Gasteiger partial charge in [-0.2, -0.15) is 0 Å². The summed E-state index contributed by atoms with van der Waals surface area (Å²) >= 11 is 1.46. The Morgan fingerprint density at radius 2 is 2.17 bits per heavy atom. The molecule has 0 radical (unpaired) electrons. The van der Waals surface area contributed by atoms with E-state index in [4.69, 9.17) is 4.74 Å². The molecule has 0 saturated heterocycles. The summed E-state index contributed by atoms with van der Waals surface area (Å²) in [6.45, 7) is 4.45. The van der Waals surface area contributed by atoms with Crippen molar-refractivity contribution in [3.05, 3.63) is 16.5 Å². The third-order valence-electron chi connectivity index (χ3n) is 2.19. The van der Waals surface area contributed by atoms with Crippen LogP contribution in [0, 0.1) is 6.92 Å². The lowest BCUT2D eigenvalue weighted by atomic mass is 10.3. The van der Waals surface area contributed by atoms with Crippen LogP contribution in [0.1, 0.15) is 28.6 Å². The smallest absolute Gasteiger partial charge is 0.341 e. The fourth-order valence-electron chi connectivity index (χ4n) is 1.39. The predicted molar refractivity (Wildman–Crippen MR) is 70.1 cm³/mol. The molecule has 0 spiro atoms. The van der Waals surface area contributed by atoms with Crippen LogP contribution in [0.3, 0.4) is 0 Å². The molecule has 0 unspecified atom stereocenters. The number of aryl methyl sites for hydroxylation is 1. The van der Waals surface area contributed by atoms with Crippen LogP contribution in [0.2, 0.25) is 0 Å². The van der Waals surface area contributed by atoms with Gasteiger partial charge < -0.3 is 14.8 Å². The van der Waals surface area contributed by atoms with Crippen LogP contribution < -0.4 is 5.32 Å². The van der Waals surface area contributed by atoms with Crippen molar-refractivity contribution in [2.45, 2.75) is 20.3 Å². The number of anilines is 1. The summed E-state index contributed by atoms with van der Waals surface area (Å²) in [7, 11) is 1.35. The van der Waals surface area contributed by atoms with E-state index >= 15 is 0 Å². The zero-order valence-electron chi connectivity index (χ0n) is 10.7. The van der Waals surface area contributed by atoms with Gasteiger partial charge in [-0.3, -0.25) is 4.79 Å². The van der Waals surface area contributed by atoms with Crippen LogP contribution in [0.5, 0.6) is 0 Å². The third-order valence-corrected chi connectivity index (χ3v) is 3.20. The number of thiophene rings is 1. The number of rotatable bonds is 6. The van der Waals surface area contributed by atoms with Gasteiger partial charge in [0, 0.05) is 11.4 Å². The number of methoxy groups -OCH3 is 1. The Labute approximate surface area is 110 Å². The number of hydrogen-bond donors (Lipinski definition) is 1. The van der Waals surface area contributed by atoms with Gasteiger partial charge in [0.05, 0.1) is 25.7 Å². The van der Waals surface area contributed by atoms with Crippen LogP contribution >= 0.6 is 11.3 Å². The lowest BCUT2D eigenvalue weighted by molar-refractivity contribution is -0.140. The van der Waals surface area contributed by atoms with Crippen molar-refractivity contribution in [2.75, 3.05) is 25.6 Å². The van der Waals surface area contributed by atoms with Gasteiger partial charge in [0.25, 0.3) is 0 Å². The normalized spacial score (nSPS) is 9.94. The molecule has 5 nitrogen and oxygen atoms in total. The number of hydrogen-bond acceptors (Lipinski definition) is 6. The molecule has 0 aliphatic rings. The minimum atomic E-state index is -0.345. The Balaban J connectivity index is 2.64. The minimum absolute atomic E-state index is 0.260. The molecule has 0 aliphatic carbocycles. The fraction of sp³-hybridized carbons (Fsp3) is 0.500. The van der Waals surface area contributed by atoms with Gasteiger partial charge in [0.15, 0.2) is 0 Å². The Bertz CT molecular complexity index is 428. The molecular weight excluding hydrogens is 254 g/mol. The maximum absolute atomic E-state index is 11.7. The largest absolute Gasteiger partial charge is 0.469 e. The summed E-state index contributed by atoms with van der Waals surface area (Å²) in [4.78, 5) is 23.7. The van der Waals surface area contributed by atoms with Gasteiger partial charge >= 0.3 is 11.9 Å². The average molecular weight is 271 g/mol. The van der Waals surface area contributed by atoms with Crippen molar-refractivity contribution in [2.24, 2.45) is 0 Å². The highest BCUT2D eigenvalue weighted by atomic mass is 32.1. The molecule has 18 heavy (non-hydrogen) atoms. The standard InChI is InChI=1S/C12H17NO4S/c1-4-17-12(15)9-7-8(2)18-11(9)13-6-5-10(14)16-3/h7,13H,4-6H2,1-3H3. The predicted octanol–water partition coefficient (Wildman–Crippen LogP) is 2.21. The molecule has 0 saturated carbocycles. The van der Waals surface area contributed by atoms with Gasteiger partial charge in [0.1, 0.15) is 5.00 Å². The first-order valence-electron chi connectivity index (χ1n) is 5.66. The zero-order valence-corrected chi connectivity index (χ0v) is 11.6. The third kappa shape index (κ3) is 4.03. The second-order valence-corrected chi connectivity index (χ2v) is 4.83. The lowest BCUT2D eigenvalue weighted by Crippen LogP contribution is -2.11. The Morgan fingerprint density at radius 1 is 1.44 bits per heavy atom. The van der Waals surface area contributed by atoms with Gasteiger partial charge in [-0.1, -0.05) is 0 Å². The van der Waals surface area contributed by atoms with Crippen molar-refractivity contribution >= 4 is 28.3 Å². The molecule has 0 amide bonds. The van der Waals surface area contributed by atoms with E-state index < -0.39 is 0 Å². The molecule has 1 heterocycles. The molecule has 1 N–H and O–H groups in total. The number of nitrogens with one attached hydrogen (secondary N) is 1. The molecule has 1 aromatic heterocycles. The minimum Gasteiger partial charge on any atom is -0.469 e. The first-order chi connectivity index (χ1) is 8.58. The molecular formula is C12H17NO4S. The summed E-state index contributed by atoms with van der Waals surface area (Å²) in [6, 6.07) is 1.78. The van der Waals surface area contributed by atoms with Crippen LogP contribution in [0.15, 0.2) is 6.07 Å². The molecule has 1 rings (SSSR count). The highest BCUT2D eigenvalue weighted by Gasteiger charge is 2.15. The topological polar surface area (TPSA) is 64.6 Å². The second-order valence-electron chi connectivity index (χ2n) is 3.57. The highest BCUT2D eigenvalue weighted by Crippen LogP contribution is 2.28. The van der Waals surface area contributed by atoms with E-state index in [9.17, 15) is 9.59 Å². The van der Waals surface area contributed by atoms with Gasteiger partial charge in [-0.05, 0) is 19.9 Å². The SMILES string of the molecule is CCOC(=O)c1cc(C)sc1NCCC(=O)OC.